The van der Waals surface area contributed by atoms with Crippen LogP contribution < -0.4 is 0 Å². The predicted molar refractivity (Wildman–Crippen MR) is 132 cm³/mol. The summed E-state index contributed by atoms with van der Waals surface area (Å²) < 4.78 is 11.3. The van der Waals surface area contributed by atoms with Gasteiger partial charge in [-0.15, -0.1) is 0 Å². The second-order valence-corrected chi connectivity index (χ2v) is 9.47. The molecule has 7 N–H and O–H groups in total. The van der Waals surface area contributed by atoms with E-state index in [-0.39, 0.29) is 30.1 Å². The van der Waals surface area contributed by atoms with Crippen LogP contribution >= 0.6 is 0 Å². The van der Waals surface area contributed by atoms with Gasteiger partial charge in [0.05, 0.1) is 18.8 Å². The van der Waals surface area contributed by atoms with Gasteiger partial charge in [0.25, 0.3) is 0 Å². The molecule has 0 bridgehead atoms. The molecule has 1 heterocycles. The van der Waals surface area contributed by atoms with Crippen LogP contribution in [-0.2, 0) is 27.1 Å². The molecule has 0 saturated carbocycles. The van der Waals surface area contributed by atoms with E-state index in [2.05, 4.69) is 0 Å². The van der Waals surface area contributed by atoms with Crippen LogP contribution in [0.1, 0.15) is 36.8 Å². The molecule has 204 valence electrons. The van der Waals surface area contributed by atoms with Crippen molar-refractivity contribution in [3.8, 4) is 11.5 Å². The second kappa shape index (κ2) is 13.8. The van der Waals surface area contributed by atoms with E-state index in [1.165, 1.54) is 0 Å². The minimum atomic E-state index is -1.61. The van der Waals surface area contributed by atoms with Crippen molar-refractivity contribution in [2.45, 2.75) is 81.4 Å². The Kier molecular flexibility index (Phi) is 10.8. The van der Waals surface area contributed by atoms with Crippen molar-refractivity contribution >= 4 is 5.78 Å². The molecule has 0 aromatic heterocycles. The molecule has 2 aromatic rings. The van der Waals surface area contributed by atoms with Gasteiger partial charge < -0.3 is 45.2 Å². The first-order valence-electron chi connectivity index (χ1n) is 12.4. The lowest BCUT2D eigenvalue weighted by atomic mass is 9.97. The van der Waals surface area contributed by atoms with Crippen LogP contribution in [0.15, 0.2) is 48.5 Å². The molecular formula is C27H36O10. The van der Waals surface area contributed by atoms with Gasteiger partial charge in [-0.25, -0.2) is 0 Å². The lowest BCUT2D eigenvalue weighted by Gasteiger charge is -2.40. The minimum Gasteiger partial charge on any atom is -0.508 e. The zero-order valence-electron chi connectivity index (χ0n) is 20.5. The largest absolute Gasteiger partial charge is 0.508 e. The number of aliphatic hydroxyl groups excluding tert-OH is 5. The number of ketones is 1. The van der Waals surface area contributed by atoms with Crippen LogP contribution in [-0.4, -0.2) is 91.0 Å². The SMILES string of the molecule is O=C(CC(O)CCc1ccc(O)cc1)CC(CCc1ccc(O)cc1)OC1OC(CO)C(O)C(O)C1O. The molecule has 1 saturated heterocycles. The number of carbonyl (C=O) groups is 1. The van der Waals surface area contributed by atoms with Gasteiger partial charge in [-0.05, 0) is 61.1 Å². The van der Waals surface area contributed by atoms with Crippen molar-refractivity contribution in [1.29, 1.82) is 0 Å². The molecule has 0 aliphatic carbocycles. The van der Waals surface area contributed by atoms with Gasteiger partial charge in [0.15, 0.2) is 6.29 Å². The van der Waals surface area contributed by atoms with Crippen LogP contribution in [0.4, 0.5) is 0 Å². The Morgan fingerprint density at radius 1 is 0.811 bits per heavy atom. The first-order valence-corrected chi connectivity index (χ1v) is 12.4. The number of aryl methyl sites for hydroxylation is 2. The summed E-state index contributed by atoms with van der Waals surface area (Å²) in [5, 5.41) is 69.1. The van der Waals surface area contributed by atoms with E-state index in [1.807, 2.05) is 0 Å². The Morgan fingerprint density at radius 2 is 1.35 bits per heavy atom. The van der Waals surface area contributed by atoms with E-state index in [0.717, 1.165) is 11.1 Å². The maximum atomic E-state index is 12.8. The van der Waals surface area contributed by atoms with E-state index in [9.17, 15) is 40.5 Å². The molecule has 0 spiro atoms. The number of carbonyl (C=O) groups excluding carboxylic acids is 1. The van der Waals surface area contributed by atoms with Crippen molar-refractivity contribution in [3.63, 3.8) is 0 Å². The molecule has 7 atom stereocenters. The van der Waals surface area contributed by atoms with E-state index < -0.39 is 49.5 Å². The van der Waals surface area contributed by atoms with E-state index in [4.69, 9.17) is 9.47 Å². The van der Waals surface area contributed by atoms with Gasteiger partial charge >= 0.3 is 0 Å². The number of phenols is 2. The van der Waals surface area contributed by atoms with Gasteiger partial charge in [0.2, 0.25) is 0 Å². The quantitative estimate of drug-likeness (QED) is 0.197. The number of phenolic OH excluding ortho intramolecular Hbond substituents is 2. The summed E-state index contributed by atoms with van der Waals surface area (Å²) in [5.74, 6) is 0.00469. The maximum Gasteiger partial charge on any atom is 0.186 e. The zero-order valence-corrected chi connectivity index (χ0v) is 20.5. The smallest absolute Gasteiger partial charge is 0.186 e. The molecule has 0 radical (unpaired) electrons. The molecule has 1 aliphatic heterocycles. The molecule has 1 fully saturated rings. The third-order valence-corrected chi connectivity index (χ3v) is 6.49. The molecule has 10 nitrogen and oxygen atoms in total. The van der Waals surface area contributed by atoms with Gasteiger partial charge in [-0.1, -0.05) is 24.3 Å². The first-order chi connectivity index (χ1) is 17.7. The fraction of sp³-hybridized carbons (Fsp3) is 0.519. The van der Waals surface area contributed by atoms with Crippen molar-refractivity contribution in [2.24, 2.45) is 0 Å². The number of rotatable bonds is 13. The number of Topliss-reactive ketones (excluding diaryl/α,β-unsaturated/α-hetero) is 1. The third kappa shape index (κ3) is 8.75. The molecular weight excluding hydrogens is 484 g/mol. The molecule has 0 amide bonds. The average molecular weight is 521 g/mol. The monoisotopic (exact) mass is 520 g/mol. The molecule has 10 heteroatoms. The zero-order chi connectivity index (χ0) is 26.9. The molecule has 3 rings (SSSR count). The summed E-state index contributed by atoms with van der Waals surface area (Å²) in [4.78, 5) is 12.8. The van der Waals surface area contributed by atoms with Gasteiger partial charge in [-0.2, -0.15) is 0 Å². The van der Waals surface area contributed by atoms with E-state index in [0.29, 0.717) is 25.7 Å². The average Bonchev–Trinajstić information content (AvgIpc) is 2.88. The summed E-state index contributed by atoms with van der Waals surface area (Å²) in [6, 6.07) is 13.2. The maximum absolute atomic E-state index is 12.8. The number of aliphatic hydroxyl groups is 5. The van der Waals surface area contributed by atoms with Crippen LogP contribution in [0.25, 0.3) is 0 Å². The molecule has 1 aliphatic rings. The normalized spacial score (nSPS) is 25.5. The fourth-order valence-electron chi connectivity index (χ4n) is 4.28. The highest BCUT2D eigenvalue weighted by molar-refractivity contribution is 5.79. The summed E-state index contributed by atoms with van der Waals surface area (Å²) in [7, 11) is 0. The second-order valence-electron chi connectivity index (χ2n) is 9.47. The number of hydrogen-bond acceptors (Lipinski definition) is 10. The number of ether oxygens (including phenoxy) is 2. The Bertz CT molecular complexity index is 962. The van der Waals surface area contributed by atoms with Gasteiger partial charge in [0, 0.05) is 12.8 Å². The number of hydrogen-bond donors (Lipinski definition) is 7. The molecule has 2 aromatic carbocycles. The van der Waals surface area contributed by atoms with Crippen molar-refractivity contribution in [3.05, 3.63) is 59.7 Å². The summed E-state index contributed by atoms with van der Waals surface area (Å²) in [6.07, 6.45) is -7.41. The van der Waals surface area contributed by atoms with E-state index in [1.54, 1.807) is 48.5 Å². The summed E-state index contributed by atoms with van der Waals surface area (Å²) in [5.41, 5.74) is 1.80. The summed E-state index contributed by atoms with van der Waals surface area (Å²) in [6.45, 7) is -0.602. The highest BCUT2D eigenvalue weighted by atomic mass is 16.7. The topological polar surface area (TPSA) is 177 Å². The fourth-order valence-corrected chi connectivity index (χ4v) is 4.28. The van der Waals surface area contributed by atoms with Crippen LogP contribution in [0, 0.1) is 0 Å². The lowest BCUT2D eigenvalue weighted by Crippen LogP contribution is -2.59. The highest BCUT2D eigenvalue weighted by Gasteiger charge is 2.44. The van der Waals surface area contributed by atoms with Crippen LogP contribution in [0.2, 0.25) is 0 Å². The Labute approximate surface area is 215 Å². The number of aromatic hydroxyl groups is 2. The molecule has 37 heavy (non-hydrogen) atoms. The van der Waals surface area contributed by atoms with Crippen molar-refractivity contribution in [1.82, 2.24) is 0 Å². The Balaban J connectivity index is 1.60. The molecule has 7 unspecified atom stereocenters. The standard InChI is InChI=1S/C27H36O10/c28-15-23-24(33)25(34)26(35)27(37-23)36-22(12-6-17-3-9-19(30)10-4-17)14-21(32)13-20(31)11-5-16-1-7-18(29)8-2-16/h1-4,7-10,20,22-31,33-35H,5-6,11-15H2. The van der Waals surface area contributed by atoms with E-state index >= 15 is 0 Å². The van der Waals surface area contributed by atoms with Crippen molar-refractivity contribution < 1.29 is 50.0 Å². The van der Waals surface area contributed by atoms with Crippen LogP contribution in [0.3, 0.4) is 0 Å². The Morgan fingerprint density at radius 3 is 1.89 bits per heavy atom. The van der Waals surface area contributed by atoms with Crippen LogP contribution in [0.5, 0.6) is 11.5 Å². The first kappa shape index (κ1) is 29.0. The van der Waals surface area contributed by atoms with Crippen molar-refractivity contribution in [2.75, 3.05) is 6.61 Å². The van der Waals surface area contributed by atoms with Gasteiger partial charge in [-0.3, -0.25) is 4.79 Å². The lowest BCUT2D eigenvalue weighted by molar-refractivity contribution is -0.311. The highest BCUT2D eigenvalue weighted by Crippen LogP contribution is 2.25. The third-order valence-electron chi connectivity index (χ3n) is 6.49. The predicted octanol–water partition coefficient (Wildman–Crippen LogP) is 0.558. The Hall–Kier alpha value is -2.57. The van der Waals surface area contributed by atoms with Gasteiger partial charge in [0.1, 0.15) is 41.7 Å². The summed E-state index contributed by atoms with van der Waals surface area (Å²) >= 11 is 0. The number of benzene rings is 2. The minimum absolute atomic E-state index is 0.0939.